The molecule has 0 aromatic heterocycles. The molecule has 1 amide bonds. The number of carbonyl (C=O) groups is 1. The summed E-state index contributed by atoms with van der Waals surface area (Å²) in [6.45, 7) is 4.29. The average molecular weight is 282 g/mol. The van der Waals surface area contributed by atoms with E-state index >= 15 is 0 Å². The molecule has 1 unspecified atom stereocenters. The zero-order valence-corrected chi connectivity index (χ0v) is 12.0. The monoisotopic (exact) mass is 281 g/mol. The first kappa shape index (κ1) is 14.2. The zero-order chi connectivity index (χ0) is 13.7. The summed E-state index contributed by atoms with van der Waals surface area (Å²) in [6.07, 6.45) is 2.78. The van der Waals surface area contributed by atoms with Gasteiger partial charge in [0.15, 0.2) is 0 Å². The zero-order valence-electron chi connectivity index (χ0n) is 11.3. The molecule has 2 rings (SSSR count). The number of carbonyl (C=O) groups excluding carboxylic acids is 1. The molecule has 104 valence electrons. The van der Waals surface area contributed by atoms with Crippen molar-refractivity contribution in [1.29, 1.82) is 0 Å². The molecule has 1 aliphatic rings. The van der Waals surface area contributed by atoms with Crippen molar-refractivity contribution in [1.82, 2.24) is 4.90 Å². The van der Waals surface area contributed by atoms with Crippen LogP contribution in [0.4, 0.5) is 0 Å². The first-order valence-electron chi connectivity index (χ1n) is 6.85. The summed E-state index contributed by atoms with van der Waals surface area (Å²) in [7, 11) is 0. The van der Waals surface area contributed by atoms with E-state index < -0.39 is 0 Å². The SMILES string of the molecule is CCC(=O)N1CCCC(COc2ccc(Cl)cc2)C1. The Morgan fingerprint density at radius 3 is 2.84 bits per heavy atom. The second-order valence-corrected chi connectivity index (χ2v) is 5.40. The highest BCUT2D eigenvalue weighted by Gasteiger charge is 2.22. The van der Waals surface area contributed by atoms with Crippen molar-refractivity contribution in [2.45, 2.75) is 26.2 Å². The molecule has 1 aliphatic heterocycles. The Bertz CT molecular complexity index is 419. The molecule has 1 aromatic carbocycles. The first-order valence-corrected chi connectivity index (χ1v) is 7.23. The Balaban J connectivity index is 1.82. The molecule has 0 radical (unpaired) electrons. The molecule has 0 N–H and O–H groups in total. The molecule has 1 saturated heterocycles. The third kappa shape index (κ3) is 4.13. The van der Waals surface area contributed by atoms with Crippen LogP contribution in [0.15, 0.2) is 24.3 Å². The number of hydrogen-bond donors (Lipinski definition) is 0. The van der Waals surface area contributed by atoms with Crippen molar-refractivity contribution < 1.29 is 9.53 Å². The summed E-state index contributed by atoms with van der Waals surface area (Å²) in [5, 5.41) is 0.713. The number of ether oxygens (including phenoxy) is 1. The van der Waals surface area contributed by atoms with Crippen LogP contribution in [0.2, 0.25) is 5.02 Å². The van der Waals surface area contributed by atoms with Gasteiger partial charge in [0.05, 0.1) is 6.61 Å². The van der Waals surface area contributed by atoms with Gasteiger partial charge >= 0.3 is 0 Å². The van der Waals surface area contributed by atoms with E-state index in [9.17, 15) is 4.79 Å². The van der Waals surface area contributed by atoms with Crippen LogP contribution < -0.4 is 4.74 Å². The lowest BCUT2D eigenvalue weighted by molar-refractivity contribution is -0.132. The van der Waals surface area contributed by atoms with E-state index in [-0.39, 0.29) is 5.91 Å². The van der Waals surface area contributed by atoms with Gasteiger partial charge in [-0.15, -0.1) is 0 Å². The summed E-state index contributed by atoms with van der Waals surface area (Å²) < 4.78 is 5.77. The molecule has 0 aliphatic carbocycles. The lowest BCUT2D eigenvalue weighted by atomic mass is 9.99. The quantitative estimate of drug-likeness (QED) is 0.847. The molecule has 1 aromatic rings. The van der Waals surface area contributed by atoms with Gasteiger partial charge in [-0.05, 0) is 37.1 Å². The molecule has 0 spiro atoms. The maximum atomic E-state index is 11.7. The molecular weight excluding hydrogens is 262 g/mol. The van der Waals surface area contributed by atoms with Crippen LogP contribution >= 0.6 is 11.6 Å². The van der Waals surface area contributed by atoms with Gasteiger partial charge in [-0.25, -0.2) is 0 Å². The summed E-state index contributed by atoms with van der Waals surface area (Å²) in [4.78, 5) is 13.7. The Morgan fingerprint density at radius 1 is 1.42 bits per heavy atom. The molecule has 4 heteroatoms. The average Bonchev–Trinajstić information content (AvgIpc) is 2.46. The predicted octanol–water partition coefficient (Wildman–Crippen LogP) is 3.37. The van der Waals surface area contributed by atoms with Crippen LogP contribution in [0.1, 0.15) is 26.2 Å². The van der Waals surface area contributed by atoms with Crippen LogP contribution in [0.3, 0.4) is 0 Å². The minimum Gasteiger partial charge on any atom is -0.493 e. The summed E-state index contributed by atoms with van der Waals surface area (Å²) >= 11 is 5.83. The maximum Gasteiger partial charge on any atom is 0.222 e. The normalized spacial score (nSPS) is 19.3. The van der Waals surface area contributed by atoms with E-state index in [1.54, 1.807) is 0 Å². The molecule has 19 heavy (non-hydrogen) atoms. The topological polar surface area (TPSA) is 29.5 Å². The molecule has 1 fully saturated rings. The molecule has 3 nitrogen and oxygen atoms in total. The Kier molecular flexibility index (Phi) is 5.08. The van der Waals surface area contributed by atoms with Crippen LogP contribution in [0.5, 0.6) is 5.75 Å². The Labute approximate surface area is 119 Å². The fourth-order valence-electron chi connectivity index (χ4n) is 2.40. The van der Waals surface area contributed by atoms with Crippen molar-refractivity contribution in [3.63, 3.8) is 0 Å². The number of nitrogens with zero attached hydrogens (tertiary/aromatic N) is 1. The minimum absolute atomic E-state index is 0.246. The number of rotatable bonds is 4. The van der Waals surface area contributed by atoms with E-state index in [0.717, 1.165) is 31.7 Å². The summed E-state index contributed by atoms with van der Waals surface area (Å²) in [5.41, 5.74) is 0. The van der Waals surface area contributed by atoms with Gasteiger partial charge in [0.2, 0.25) is 5.91 Å². The van der Waals surface area contributed by atoms with E-state index in [1.165, 1.54) is 0 Å². The maximum absolute atomic E-state index is 11.7. The standard InChI is InChI=1S/C15H20ClNO2/c1-2-15(18)17-9-3-4-12(10-17)11-19-14-7-5-13(16)6-8-14/h5-8,12H,2-4,9-11H2,1H3. The lowest BCUT2D eigenvalue weighted by Crippen LogP contribution is -2.41. The van der Waals surface area contributed by atoms with Crippen molar-refractivity contribution in [2.75, 3.05) is 19.7 Å². The second-order valence-electron chi connectivity index (χ2n) is 4.97. The Morgan fingerprint density at radius 2 is 2.16 bits per heavy atom. The predicted molar refractivity (Wildman–Crippen MR) is 76.5 cm³/mol. The summed E-state index contributed by atoms with van der Waals surface area (Å²) in [6, 6.07) is 7.40. The van der Waals surface area contributed by atoms with Gasteiger partial charge in [0, 0.05) is 30.5 Å². The molecular formula is C15H20ClNO2. The van der Waals surface area contributed by atoms with Gasteiger partial charge < -0.3 is 9.64 Å². The van der Waals surface area contributed by atoms with Crippen LogP contribution in [-0.2, 0) is 4.79 Å². The molecule has 1 heterocycles. The van der Waals surface area contributed by atoms with Gasteiger partial charge in [0.25, 0.3) is 0 Å². The summed E-state index contributed by atoms with van der Waals surface area (Å²) in [5.74, 6) is 1.51. The van der Waals surface area contributed by atoms with Gasteiger partial charge in [-0.1, -0.05) is 18.5 Å². The van der Waals surface area contributed by atoms with E-state index in [4.69, 9.17) is 16.3 Å². The third-order valence-electron chi connectivity index (χ3n) is 3.47. The smallest absolute Gasteiger partial charge is 0.222 e. The number of amides is 1. The Hall–Kier alpha value is -1.22. The number of benzene rings is 1. The first-order chi connectivity index (χ1) is 9.19. The molecule has 0 saturated carbocycles. The van der Waals surface area contributed by atoms with E-state index in [1.807, 2.05) is 36.1 Å². The fraction of sp³-hybridized carbons (Fsp3) is 0.533. The number of halogens is 1. The highest BCUT2D eigenvalue weighted by molar-refractivity contribution is 6.30. The van der Waals surface area contributed by atoms with Crippen molar-refractivity contribution >= 4 is 17.5 Å². The van der Waals surface area contributed by atoms with E-state index in [0.29, 0.717) is 24.0 Å². The highest BCUT2D eigenvalue weighted by Crippen LogP contribution is 2.20. The second kappa shape index (κ2) is 6.80. The highest BCUT2D eigenvalue weighted by atomic mass is 35.5. The van der Waals surface area contributed by atoms with E-state index in [2.05, 4.69) is 0 Å². The lowest BCUT2D eigenvalue weighted by Gasteiger charge is -2.32. The molecule has 1 atom stereocenters. The van der Waals surface area contributed by atoms with Gasteiger partial charge in [0.1, 0.15) is 5.75 Å². The van der Waals surface area contributed by atoms with Gasteiger partial charge in [-0.2, -0.15) is 0 Å². The largest absolute Gasteiger partial charge is 0.493 e. The van der Waals surface area contributed by atoms with Crippen LogP contribution in [0, 0.1) is 5.92 Å². The minimum atomic E-state index is 0.246. The van der Waals surface area contributed by atoms with Crippen molar-refractivity contribution in [3.05, 3.63) is 29.3 Å². The number of piperidine rings is 1. The fourth-order valence-corrected chi connectivity index (χ4v) is 2.52. The van der Waals surface area contributed by atoms with Crippen molar-refractivity contribution in [3.8, 4) is 5.75 Å². The number of hydrogen-bond acceptors (Lipinski definition) is 2. The molecule has 0 bridgehead atoms. The third-order valence-corrected chi connectivity index (χ3v) is 3.73. The van der Waals surface area contributed by atoms with Gasteiger partial charge in [-0.3, -0.25) is 4.79 Å². The van der Waals surface area contributed by atoms with Crippen LogP contribution in [-0.4, -0.2) is 30.5 Å². The number of likely N-dealkylation sites (tertiary alicyclic amines) is 1. The van der Waals surface area contributed by atoms with Crippen LogP contribution in [0.25, 0.3) is 0 Å². The van der Waals surface area contributed by atoms with Crippen molar-refractivity contribution in [2.24, 2.45) is 5.92 Å².